The van der Waals surface area contributed by atoms with Crippen molar-refractivity contribution in [1.82, 2.24) is 4.31 Å². The van der Waals surface area contributed by atoms with Gasteiger partial charge in [-0.15, -0.1) is 0 Å². The van der Waals surface area contributed by atoms with Crippen molar-refractivity contribution in [2.75, 3.05) is 23.1 Å². The Labute approximate surface area is 216 Å². The predicted octanol–water partition coefficient (Wildman–Crippen LogP) is 4.79. The third-order valence-electron chi connectivity index (χ3n) is 5.93. The predicted molar refractivity (Wildman–Crippen MR) is 141 cm³/mol. The lowest BCUT2D eigenvalue weighted by molar-refractivity contribution is 0.102. The van der Waals surface area contributed by atoms with Gasteiger partial charge in [0.05, 0.1) is 26.1 Å². The largest absolute Gasteiger partial charge is 0.322 e. The SMILES string of the molecule is Cc1ccc(NS(=O)(=O)c2ccc(NC(=O)c3cc(S(=O)(=O)N4CCCC4)ccc3Cl)cc2)c(C)c1. The first-order valence-corrected chi connectivity index (χ1v) is 14.6. The van der Waals surface area contributed by atoms with E-state index in [1.165, 1.54) is 46.8 Å². The summed E-state index contributed by atoms with van der Waals surface area (Å²) in [6, 6.07) is 15.1. The molecule has 11 heteroatoms. The molecule has 0 radical (unpaired) electrons. The first-order chi connectivity index (χ1) is 17.0. The lowest BCUT2D eigenvalue weighted by Crippen LogP contribution is -2.28. The maximum absolute atomic E-state index is 12.9. The van der Waals surface area contributed by atoms with Crippen molar-refractivity contribution in [3.63, 3.8) is 0 Å². The second-order valence-electron chi connectivity index (χ2n) is 8.66. The molecule has 1 aliphatic rings. The van der Waals surface area contributed by atoms with Gasteiger partial charge >= 0.3 is 0 Å². The number of amides is 1. The van der Waals surface area contributed by atoms with Gasteiger partial charge in [0.15, 0.2) is 0 Å². The fraction of sp³-hybridized carbons (Fsp3) is 0.240. The van der Waals surface area contributed by atoms with Gasteiger partial charge in [0, 0.05) is 18.8 Å². The van der Waals surface area contributed by atoms with Gasteiger partial charge in [0.1, 0.15) is 0 Å². The van der Waals surface area contributed by atoms with Gasteiger partial charge in [-0.05, 0) is 80.8 Å². The van der Waals surface area contributed by atoms with E-state index in [4.69, 9.17) is 11.6 Å². The molecule has 1 aliphatic heterocycles. The molecule has 3 aromatic rings. The minimum absolute atomic E-state index is 0.00198. The second kappa shape index (κ2) is 10.2. The molecule has 2 N–H and O–H groups in total. The lowest BCUT2D eigenvalue weighted by atomic mass is 10.1. The highest BCUT2D eigenvalue weighted by Crippen LogP contribution is 2.27. The minimum atomic E-state index is -3.84. The van der Waals surface area contributed by atoms with Crippen LogP contribution < -0.4 is 10.0 Å². The zero-order valence-corrected chi connectivity index (χ0v) is 22.2. The Morgan fingerprint density at radius 3 is 2.14 bits per heavy atom. The summed E-state index contributed by atoms with van der Waals surface area (Å²) >= 11 is 6.19. The Morgan fingerprint density at radius 2 is 1.50 bits per heavy atom. The molecule has 4 rings (SSSR count). The molecule has 0 saturated carbocycles. The molecule has 1 fully saturated rings. The number of sulfonamides is 2. The Hall–Kier alpha value is -2.92. The Balaban J connectivity index is 1.51. The first kappa shape index (κ1) is 26.2. The summed E-state index contributed by atoms with van der Waals surface area (Å²) in [7, 11) is -7.55. The smallest absolute Gasteiger partial charge is 0.261 e. The van der Waals surface area contributed by atoms with Crippen LogP contribution in [-0.4, -0.2) is 40.1 Å². The van der Waals surface area contributed by atoms with Crippen LogP contribution in [0.1, 0.15) is 34.3 Å². The van der Waals surface area contributed by atoms with Crippen molar-refractivity contribution in [2.45, 2.75) is 36.5 Å². The maximum atomic E-state index is 12.9. The minimum Gasteiger partial charge on any atom is -0.322 e. The number of rotatable bonds is 7. The van der Waals surface area contributed by atoms with Crippen LogP contribution in [-0.2, 0) is 20.0 Å². The number of aryl methyl sites for hydroxylation is 2. The van der Waals surface area contributed by atoms with E-state index in [9.17, 15) is 21.6 Å². The van der Waals surface area contributed by atoms with Crippen LogP contribution >= 0.6 is 11.6 Å². The van der Waals surface area contributed by atoms with Crippen molar-refractivity contribution < 1.29 is 21.6 Å². The highest BCUT2D eigenvalue weighted by Gasteiger charge is 2.28. The van der Waals surface area contributed by atoms with Crippen LogP contribution in [0, 0.1) is 13.8 Å². The summed E-state index contributed by atoms with van der Waals surface area (Å²) in [5.74, 6) is -0.609. The standard InChI is InChI=1S/C25H26ClN3O5S2/c1-17-5-12-24(18(2)15-17)28-35(31,32)20-8-6-19(7-9-20)27-25(30)22-16-21(10-11-23(22)26)36(33,34)29-13-3-4-14-29/h5-12,15-16,28H,3-4,13-14H2,1-2H3,(H,27,30). The third-order valence-corrected chi connectivity index (χ3v) is 9.54. The van der Waals surface area contributed by atoms with E-state index >= 15 is 0 Å². The molecule has 3 aromatic carbocycles. The summed E-state index contributed by atoms with van der Waals surface area (Å²) in [5.41, 5.74) is 2.64. The molecule has 1 amide bonds. The molecular formula is C25H26ClN3O5S2. The molecular weight excluding hydrogens is 522 g/mol. The van der Waals surface area contributed by atoms with Crippen molar-refractivity contribution in [3.05, 3.63) is 82.4 Å². The number of nitrogens with zero attached hydrogens (tertiary/aromatic N) is 1. The molecule has 0 aromatic heterocycles. The summed E-state index contributed by atoms with van der Waals surface area (Å²) in [4.78, 5) is 12.9. The summed E-state index contributed by atoms with van der Waals surface area (Å²) < 4.78 is 55.3. The zero-order chi connectivity index (χ0) is 26.1. The summed E-state index contributed by atoms with van der Waals surface area (Å²) in [5, 5.41) is 2.75. The van der Waals surface area contributed by atoms with Crippen molar-refractivity contribution in [2.24, 2.45) is 0 Å². The highest BCUT2D eigenvalue weighted by atomic mass is 35.5. The van der Waals surface area contributed by atoms with E-state index in [2.05, 4.69) is 10.0 Å². The number of hydrogen-bond donors (Lipinski definition) is 2. The zero-order valence-electron chi connectivity index (χ0n) is 19.8. The van der Waals surface area contributed by atoms with Crippen LogP contribution in [0.5, 0.6) is 0 Å². The second-order valence-corrected chi connectivity index (χ2v) is 12.7. The van der Waals surface area contributed by atoms with Crippen molar-refractivity contribution >= 4 is 48.9 Å². The number of anilines is 2. The first-order valence-electron chi connectivity index (χ1n) is 11.3. The van der Waals surface area contributed by atoms with Crippen LogP contribution in [0.25, 0.3) is 0 Å². The number of halogens is 1. The van der Waals surface area contributed by atoms with E-state index in [0.717, 1.165) is 24.0 Å². The Kier molecular flexibility index (Phi) is 7.42. The van der Waals surface area contributed by atoms with Gasteiger partial charge < -0.3 is 5.32 Å². The summed E-state index contributed by atoms with van der Waals surface area (Å²) in [6.07, 6.45) is 1.60. The quantitative estimate of drug-likeness (QED) is 0.441. The molecule has 0 aliphatic carbocycles. The van der Waals surface area contributed by atoms with Gasteiger partial charge in [-0.1, -0.05) is 29.3 Å². The fourth-order valence-electron chi connectivity index (χ4n) is 3.96. The molecule has 1 heterocycles. The average Bonchev–Trinajstić information content (AvgIpc) is 3.37. The van der Waals surface area contributed by atoms with Gasteiger partial charge in [-0.2, -0.15) is 4.31 Å². The van der Waals surface area contributed by atoms with Gasteiger partial charge in [0.25, 0.3) is 15.9 Å². The van der Waals surface area contributed by atoms with E-state index in [-0.39, 0.29) is 20.4 Å². The number of benzene rings is 3. The van der Waals surface area contributed by atoms with Crippen LogP contribution in [0.15, 0.2) is 70.5 Å². The van der Waals surface area contributed by atoms with Crippen LogP contribution in [0.4, 0.5) is 11.4 Å². The number of hydrogen-bond acceptors (Lipinski definition) is 5. The molecule has 0 bridgehead atoms. The highest BCUT2D eigenvalue weighted by molar-refractivity contribution is 7.92. The van der Waals surface area contributed by atoms with Gasteiger partial charge in [0.2, 0.25) is 10.0 Å². The van der Waals surface area contributed by atoms with Crippen molar-refractivity contribution in [3.8, 4) is 0 Å². The lowest BCUT2D eigenvalue weighted by Gasteiger charge is -2.16. The number of carbonyl (C=O) groups excluding carboxylic acids is 1. The molecule has 0 atom stereocenters. The van der Waals surface area contributed by atoms with Gasteiger partial charge in [-0.3, -0.25) is 9.52 Å². The number of nitrogens with one attached hydrogen (secondary N) is 2. The topological polar surface area (TPSA) is 113 Å². The molecule has 0 spiro atoms. The third kappa shape index (κ3) is 5.57. The molecule has 0 unspecified atom stereocenters. The van der Waals surface area contributed by atoms with Crippen LogP contribution in [0.2, 0.25) is 5.02 Å². The molecule has 8 nitrogen and oxygen atoms in total. The van der Waals surface area contributed by atoms with Gasteiger partial charge in [-0.25, -0.2) is 16.8 Å². The molecule has 1 saturated heterocycles. The fourth-order valence-corrected chi connectivity index (χ4v) is 6.84. The van der Waals surface area contributed by atoms with Crippen LogP contribution in [0.3, 0.4) is 0 Å². The monoisotopic (exact) mass is 547 g/mol. The van der Waals surface area contributed by atoms with E-state index in [1.54, 1.807) is 6.07 Å². The summed E-state index contributed by atoms with van der Waals surface area (Å²) in [6.45, 7) is 4.63. The van der Waals surface area contributed by atoms with E-state index < -0.39 is 26.0 Å². The van der Waals surface area contributed by atoms with E-state index in [1.807, 2.05) is 26.0 Å². The molecule has 36 heavy (non-hydrogen) atoms. The van der Waals surface area contributed by atoms with Crippen molar-refractivity contribution in [1.29, 1.82) is 0 Å². The normalized spacial score (nSPS) is 14.5. The van der Waals surface area contributed by atoms with E-state index in [0.29, 0.717) is 24.5 Å². The molecule has 190 valence electrons. The Bertz CT molecular complexity index is 1520. The Morgan fingerprint density at radius 1 is 0.861 bits per heavy atom. The average molecular weight is 548 g/mol. The number of carbonyl (C=O) groups is 1. The maximum Gasteiger partial charge on any atom is 0.261 e.